The largest absolute Gasteiger partial charge is 0.427 e. The van der Waals surface area contributed by atoms with Gasteiger partial charge in [0.2, 0.25) is 0 Å². The Hall–Kier alpha value is -1.94. The molecular formula is C36H51NO3. The monoisotopic (exact) mass is 545 g/mol. The first-order valence-electron chi connectivity index (χ1n) is 15.9. The second-order valence-electron chi connectivity index (χ2n) is 15.8. The van der Waals surface area contributed by atoms with Gasteiger partial charge in [-0.25, -0.2) is 0 Å². The van der Waals surface area contributed by atoms with Crippen molar-refractivity contribution in [1.82, 2.24) is 4.98 Å². The van der Waals surface area contributed by atoms with Gasteiger partial charge in [-0.1, -0.05) is 52.8 Å². The summed E-state index contributed by atoms with van der Waals surface area (Å²) >= 11 is 0. The molecule has 1 aromatic rings. The van der Waals surface area contributed by atoms with E-state index in [1.54, 1.807) is 6.20 Å². The van der Waals surface area contributed by atoms with Crippen LogP contribution in [0, 0.1) is 56.7 Å². The van der Waals surface area contributed by atoms with E-state index >= 15 is 0 Å². The smallest absolute Gasteiger partial charge is 0.298 e. The van der Waals surface area contributed by atoms with Crippen LogP contribution in [-0.4, -0.2) is 23.2 Å². The lowest BCUT2D eigenvalue weighted by molar-refractivity contribution is -0.228. The number of nitrogens with zero attached hydrogens (tertiary/aromatic N) is 1. The first-order valence-corrected chi connectivity index (χ1v) is 15.9. The molecule has 9 atom stereocenters. The summed E-state index contributed by atoms with van der Waals surface area (Å²) in [5, 5.41) is 10.8. The quantitative estimate of drug-likeness (QED) is 0.299. The summed E-state index contributed by atoms with van der Waals surface area (Å²) in [6.07, 6.45) is 15.3. The number of aromatic nitrogens is 1. The molecule has 6 rings (SSSR count). The zero-order valence-electron chi connectivity index (χ0n) is 25.8. The van der Waals surface area contributed by atoms with Crippen LogP contribution in [0.5, 0.6) is 5.75 Å². The summed E-state index contributed by atoms with van der Waals surface area (Å²) in [4.78, 5) is 15.5. The Kier molecular flexibility index (Phi) is 6.54. The van der Waals surface area contributed by atoms with E-state index in [9.17, 15) is 9.90 Å². The predicted molar refractivity (Wildman–Crippen MR) is 160 cm³/mol. The molecule has 4 heteroatoms. The summed E-state index contributed by atoms with van der Waals surface area (Å²) < 4.78 is 5.00. The van der Waals surface area contributed by atoms with Crippen LogP contribution in [0.3, 0.4) is 0 Å². The SMILES string of the molecule is C=C(C)[C@@H]1CC[C@]2(CO)CC[C@]3(C)[C@H](CC[C@@H]4[C@@]5(C)CC=C(c6ccc(OC=O)cn6)C(C)(C)[C@@H]5CC[C@]43C)[C@@H]12. The Morgan fingerprint density at radius 1 is 1.02 bits per heavy atom. The fourth-order valence-electron chi connectivity index (χ4n) is 12.3. The van der Waals surface area contributed by atoms with Crippen LogP contribution in [0.1, 0.15) is 105 Å². The maximum absolute atomic E-state index is 10.8. The van der Waals surface area contributed by atoms with E-state index in [2.05, 4.69) is 54.2 Å². The summed E-state index contributed by atoms with van der Waals surface area (Å²) in [7, 11) is 0. The van der Waals surface area contributed by atoms with Gasteiger partial charge in [-0.05, 0) is 139 Å². The van der Waals surface area contributed by atoms with Gasteiger partial charge in [-0.15, -0.1) is 0 Å². The summed E-state index contributed by atoms with van der Waals surface area (Å²) in [6.45, 7) is 20.4. The van der Waals surface area contributed by atoms with E-state index in [0.29, 0.717) is 59.2 Å². The number of aliphatic hydroxyl groups is 1. The Morgan fingerprint density at radius 2 is 1.80 bits per heavy atom. The maximum Gasteiger partial charge on any atom is 0.298 e. The number of allylic oxidation sites excluding steroid dienone is 3. The minimum atomic E-state index is 0.0151. The van der Waals surface area contributed by atoms with E-state index in [1.807, 2.05) is 12.1 Å². The molecule has 0 aromatic carbocycles. The van der Waals surface area contributed by atoms with E-state index in [0.717, 1.165) is 12.1 Å². The summed E-state index contributed by atoms with van der Waals surface area (Å²) in [5.41, 5.74) is 4.69. The Bertz CT molecular complexity index is 1220. The number of pyridine rings is 1. The topological polar surface area (TPSA) is 59.4 Å². The van der Waals surface area contributed by atoms with Crippen molar-refractivity contribution in [2.24, 2.45) is 56.7 Å². The lowest BCUT2D eigenvalue weighted by atomic mass is 9.32. The molecule has 0 radical (unpaired) electrons. The number of carbonyl (C=O) groups is 1. The molecule has 1 N–H and O–H groups in total. The van der Waals surface area contributed by atoms with E-state index < -0.39 is 0 Å². The molecule has 1 heterocycles. The standard InChI is InChI=1S/C36H51NO3/c1-23(2)25-12-17-36(21-38)19-18-34(6)27(31(25)36)9-11-30-33(5)15-13-26(28-10-8-24(20-37-28)40-22-39)32(3,4)29(33)14-16-35(30,34)7/h8,10,13,20,22,25,27,29-31,38H,1,9,11-12,14-19,21H2,2-7H3/t25-,27+,29-,30+,31+,33-,34+,35+,36+/m0/s1. The predicted octanol–water partition coefficient (Wildman–Crippen LogP) is 8.26. The molecule has 0 amide bonds. The van der Waals surface area contributed by atoms with Crippen LogP contribution >= 0.6 is 0 Å². The average Bonchev–Trinajstić information content (AvgIpc) is 3.30. The van der Waals surface area contributed by atoms with Crippen LogP contribution in [0.2, 0.25) is 0 Å². The van der Waals surface area contributed by atoms with E-state index in [4.69, 9.17) is 9.72 Å². The molecule has 4 nitrogen and oxygen atoms in total. The fraction of sp³-hybridized carbons (Fsp3) is 0.722. The number of hydrogen-bond donors (Lipinski definition) is 1. The van der Waals surface area contributed by atoms with Gasteiger partial charge >= 0.3 is 0 Å². The van der Waals surface area contributed by atoms with Crippen molar-refractivity contribution in [3.05, 3.63) is 42.3 Å². The van der Waals surface area contributed by atoms with Crippen molar-refractivity contribution < 1.29 is 14.6 Å². The maximum atomic E-state index is 10.8. The third kappa shape index (κ3) is 3.59. The normalized spacial score (nSPS) is 45.3. The number of aliphatic hydroxyl groups excluding tert-OH is 1. The van der Waals surface area contributed by atoms with Gasteiger partial charge in [0.25, 0.3) is 6.47 Å². The van der Waals surface area contributed by atoms with Crippen molar-refractivity contribution in [2.45, 2.75) is 99.3 Å². The molecule has 0 spiro atoms. The first kappa shape index (κ1) is 28.2. The molecule has 0 unspecified atom stereocenters. The number of rotatable bonds is 5. The van der Waals surface area contributed by atoms with Gasteiger partial charge < -0.3 is 9.84 Å². The van der Waals surface area contributed by atoms with Crippen molar-refractivity contribution in [3.63, 3.8) is 0 Å². The lowest BCUT2D eigenvalue weighted by Crippen LogP contribution is -2.65. The number of hydrogen-bond acceptors (Lipinski definition) is 4. The van der Waals surface area contributed by atoms with Gasteiger partial charge in [0.05, 0.1) is 11.9 Å². The van der Waals surface area contributed by atoms with Crippen molar-refractivity contribution in [1.29, 1.82) is 0 Å². The van der Waals surface area contributed by atoms with Crippen LogP contribution in [0.15, 0.2) is 36.6 Å². The minimum absolute atomic E-state index is 0.0151. The molecular weight excluding hydrogens is 494 g/mol. The molecule has 5 aliphatic rings. The van der Waals surface area contributed by atoms with E-state index in [-0.39, 0.29) is 16.2 Å². The average molecular weight is 546 g/mol. The molecule has 1 aromatic heterocycles. The second kappa shape index (κ2) is 9.28. The van der Waals surface area contributed by atoms with Gasteiger partial charge in [-0.2, -0.15) is 0 Å². The molecule has 40 heavy (non-hydrogen) atoms. The zero-order chi connectivity index (χ0) is 28.7. The molecule has 5 aliphatic carbocycles. The minimum Gasteiger partial charge on any atom is -0.427 e. The Labute approximate surface area is 242 Å². The molecule has 0 bridgehead atoms. The van der Waals surface area contributed by atoms with Crippen LogP contribution < -0.4 is 4.74 Å². The van der Waals surface area contributed by atoms with Crippen molar-refractivity contribution in [3.8, 4) is 5.75 Å². The molecule has 218 valence electrons. The highest BCUT2D eigenvalue weighted by atomic mass is 16.5. The van der Waals surface area contributed by atoms with Crippen LogP contribution in [-0.2, 0) is 4.79 Å². The number of carbonyl (C=O) groups excluding carboxylic acids is 1. The molecule has 4 saturated carbocycles. The highest BCUT2D eigenvalue weighted by Gasteiger charge is 2.70. The summed E-state index contributed by atoms with van der Waals surface area (Å²) in [6, 6.07) is 3.88. The number of fused-ring (bicyclic) bond motifs is 7. The number of ether oxygens (including phenoxy) is 1. The highest BCUT2D eigenvalue weighted by molar-refractivity contribution is 5.69. The van der Waals surface area contributed by atoms with Gasteiger partial charge in [-0.3, -0.25) is 9.78 Å². The van der Waals surface area contributed by atoms with Crippen LogP contribution in [0.4, 0.5) is 0 Å². The van der Waals surface area contributed by atoms with E-state index in [1.165, 1.54) is 62.5 Å². The zero-order valence-corrected chi connectivity index (χ0v) is 25.8. The lowest BCUT2D eigenvalue weighted by Gasteiger charge is -2.72. The summed E-state index contributed by atoms with van der Waals surface area (Å²) in [5.74, 6) is 3.62. The fourth-order valence-corrected chi connectivity index (χ4v) is 12.3. The highest BCUT2D eigenvalue weighted by Crippen LogP contribution is 2.77. The third-order valence-electron chi connectivity index (χ3n) is 14.3. The Morgan fingerprint density at radius 3 is 2.45 bits per heavy atom. The van der Waals surface area contributed by atoms with Crippen molar-refractivity contribution in [2.75, 3.05) is 6.61 Å². The van der Waals surface area contributed by atoms with Crippen molar-refractivity contribution >= 4 is 12.0 Å². The third-order valence-corrected chi connectivity index (χ3v) is 14.3. The van der Waals surface area contributed by atoms with Gasteiger partial charge in [0.1, 0.15) is 5.75 Å². The molecule has 0 saturated heterocycles. The Balaban J connectivity index is 1.35. The van der Waals surface area contributed by atoms with Gasteiger partial charge in [0.15, 0.2) is 0 Å². The first-order chi connectivity index (χ1) is 18.9. The van der Waals surface area contributed by atoms with Gasteiger partial charge in [0, 0.05) is 6.61 Å². The van der Waals surface area contributed by atoms with Crippen LogP contribution in [0.25, 0.3) is 5.57 Å². The molecule has 0 aliphatic heterocycles. The molecule has 4 fully saturated rings. The second-order valence-corrected chi connectivity index (χ2v) is 15.8.